The number of amides is 2. The summed E-state index contributed by atoms with van der Waals surface area (Å²) in [6, 6.07) is 0. The number of carbonyl (C=O) groups is 2. The van der Waals surface area contributed by atoms with Crippen LogP contribution in [-0.4, -0.2) is 149 Å². The van der Waals surface area contributed by atoms with Crippen LogP contribution in [0.5, 0.6) is 0 Å². The minimum atomic E-state index is 0.292. The summed E-state index contributed by atoms with van der Waals surface area (Å²) in [6.45, 7) is 36.5. The molecule has 6 rings (SSSR count). The second-order valence-electron chi connectivity index (χ2n) is 13.6. The Bertz CT molecular complexity index is 654. The molecule has 0 spiro atoms. The zero-order valence-electron chi connectivity index (χ0n) is 41.6. The van der Waals surface area contributed by atoms with Gasteiger partial charge in [-0.1, -0.05) is 109 Å². The summed E-state index contributed by atoms with van der Waals surface area (Å²) in [5.74, 6) is 0.594. The highest BCUT2D eigenvalue weighted by Crippen LogP contribution is 2.08. The molecular formula is C47H108N6O2. The Balaban J connectivity index is -0.000000124. The van der Waals surface area contributed by atoms with E-state index in [-0.39, 0.29) is 0 Å². The lowest BCUT2D eigenvalue weighted by Gasteiger charge is -2.21. The molecule has 0 radical (unpaired) electrons. The van der Waals surface area contributed by atoms with Crippen molar-refractivity contribution in [3.8, 4) is 0 Å². The molecule has 0 aromatic carbocycles. The lowest BCUT2D eigenvalue weighted by molar-refractivity contribution is -0.131. The summed E-state index contributed by atoms with van der Waals surface area (Å²) in [7, 11) is 12.5. The quantitative estimate of drug-likeness (QED) is 0.244. The molecule has 8 nitrogen and oxygen atoms in total. The van der Waals surface area contributed by atoms with Crippen molar-refractivity contribution in [2.75, 3.05) is 108 Å². The molecule has 6 fully saturated rings. The van der Waals surface area contributed by atoms with Crippen molar-refractivity contribution in [1.29, 1.82) is 0 Å². The fraction of sp³-hybridized carbons (Fsp3) is 0.957. The van der Waals surface area contributed by atoms with Gasteiger partial charge in [0, 0.05) is 40.0 Å². The maximum atomic E-state index is 10.7. The van der Waals surface area contributed by atoms with Gasteiger partial charge in [-0.05, 0) is 151 Å². The monoisotopic (exact) mass is 789 g/mol. The summed E-state index contributed by atoms with van der Waals surface area (Å²) in [6.07, 6.45) is 21.9. The maximum absolute atomic E-state index is 10.7. The maximum Gasteiger partial charge on any atom is 0.222 e. The Hall–Kier alpha value is -1.22. The van der Waals surface area contributed by atoms with Crippen LogP contribution < -0.4 is 0 Å². The molecule has 0 aromatic heterocycles. The molecule has 55 heavy (non-hydrogen) atoms. The van der Waals surface area contributed by atoms with Gasteiger partial charge in [-0.3, -0.25) is 9.59 Å². The predicted molar refractivity (Wildman–Crippen MR) is 252 cm³/mol. The van der Waals surface area contributed by atoms with E-state index in [2.05, 4.69) is 47.8 Å². The van der Waals surface area contributed by atoms with Crippen molar-refractivity contribution < 1.29 is 9.59 Å². The van der Waals surface area contributed by atoms with Crippen LogP contribution in [0, 0.1) is 0 Å². The van der Waals surface area contributed by atoms with Gasteiger partial charge in [-0.2, -0.15) is 0 Å². The molecule has 0 unspecified atom stereocenters. The zero-order chi connectivity index (χ0) is 43.7. The third-order valence-electron chi connectivity index (χ3n) is 9.19. The minimum Gasteiger partial charge on any atom is -0.346 e. The standard InChI is InChI=1S/C7H15N.C6H11NO.2C6H13N.C5H9NO.C5H11N.6C2H6/c1-8-6-4-2-3-5-7-8;1-7-5-3-2-4-6(7)8;2*1-7-5-3-2-4-6-7;1-6-4-2-3-5(6)7;1-6-4-2-3-5-6;6*1-2/h2-7H2,1H3;2-5H2,1H3;2*2-6H2,1H3;2-4H2,1H3;2-5H2,1H3;6*1-2H3. The fourth-order valence-electron chi connectivity index (χ4n) is 5.93. The molecule has 0 N–H and O–H groups in total. The Labute approximate surface area is 349 Å². The van der Waals surface area contributed by atoms with Crippen molar-refractivity contribution in [2.24, 2.45) is 0 Å². The molecule has 0 atom stereocenters. The van der Waals surface area contributed by atoms with E-state index in [4.69, 9.17) is 0 Å². The normalized spacial score (nSPS) is 19.4. The Kier molecular flexibility index (Phi) is 68.1. The van der Waals surface area contributed by atoms with Crippen LogP contribution in [0.3, 0.4) is 0 Å². The van der Waals surface area contributed by atoms with Crippen LogP contribution in [0.2, 0.25) is 0 Å². The van der Waals surface area contributed by atoms with E-state index < -0.39 is 0 Å². The van der Waals surface area contributed by atoms with Crippen molar-refractivity contribution in [3.63, 3.8) is 0 Å². The largest absolute Gasteiger partial charge is 0.346 e. The summed E-state index contributed by atoms with van der Waals surface area (Å²) < 4.78 is 0. The number of hydrogen-bond donors (Lipinski definition) is 0. The summed E-state index contributed by atoms with van der Waals surface area (Å²) in [5.41, 5.74) is 0. The molecule has 0 bridgehead atoms. The topological polar surface area (TPSA) is 53.6 Å². The van der Waals surface area contributed by atoms with Crippen molar-refractivity contribution in [1.82, 2.24) is 29.4 Å². The molecule has 0 aromatic rings. The first-order chi connectivity index (χ1) is 26.7. The number of hydrogen-bond acceptors (Lipinski definition) is 6. The first-order valence-electron chi connectivity index (χ1n) is 23.9. The van der Waals surface area contributed by atoms with E-state index in [1.54, 1.807) is 9.80 Å². The molecule has 6 saturated heterocycles. The lowest BCUT2D eigenvalue weighted by Crippen LogP contribution is -2.31. The molecule has 6 aliphatic heterocycles. The van der Waals surface area contributed by atoms with Gasteiger partial charge >= 0.3 is 0 Å². The van der Waals surface area contributed by atoms with Crippen LogP contribution in [-0.2, 0) is 9.59 Å². The van der Waals surface area contributed by atoms with Crippen LogP contribution in [0.1, 0.15) is 192 Å². The minimum absolute atomic E-state index is 0.292. The van der Waals surface area contributed by atoms with E-state index in [9.17, 15) is 9.59 Å². The second-order valence-corrected chi connectivity index (χ2v) is 13.6. The van der Waals surface area contributed by atoms with Crippen molar-refractivity contribution in [3.05, 3.63) is 0 Å². The highest BCUT2D eigenvalue weighted by atomic mass is 16.2. The number of carbonyl (C=O) groups excluding carboxylic acids is 2. The van der Waals surface area contributed by atoms with Crippen molar-refractivity contribution >= 4 is 11.8 Å². The molecule has 8 heteroatoms. The summed E-state index contributed by atoms with van der Waals surface area (Å²) in [4.78, 5) is 34.3. The van der Waals surface area contributed by atoms with E-state index >= 15 is 0 Å². The van der Waals surface area contributed by atoms with E-state index in [0.717, 1.165) is 38.8 Å². The number of piperidine rings is 3. The van der Waals surface area contributed by atoms with Gasteiger partial charge in [0.1, 0.15) is 0 Å². The number of rotatable bonds is 0. The number of likely N-dealkylation sites (tertiary alicyclic amines) is 6. The zero-order valence-corrected chi connectivity index (χ0v) is 41.6. The van der Waals surface area contributed by atoms with E-state index in [1.807, 2.05) is 97.2 Å². The first kappa shape index (κ1) is 65.6. The third-order valence-corrected chi connectivity index (χ3v) is 9.19. The van der Waals surface area contributed by atoms with Crippen LogP contribution in [0.15, 0.2) is 0 Å². The van der Waals surface area contributed by atoms with Crippen LogP contribution in [0.25, 0.3) is 0 Å². The molecule has 6 aliphatic rings. The fourth-order valence-corrected chi connectivity index (χ4v) is 5.93. The first-order valence-corrected chi connectivity index (χ1v) is 23.9. The van der Waals surface area contributed by atoms with Crippen LogP contribution >= 0.6 is 0 Å². The van der Waals surface area contributed by atoms with Gasteiger partial charge in [-0.15, -0.1) is 0 Å². The summed E-state index contributed by atoms with van der Waals surface area (Å²) in [5, 5.41) is 0. The van der Waals surface area contributed by atoms with E-state index in [1.165, 1.54) is 136 Å². The average molecular weight is 789 g/mol. The third kappa shape index (κ3) is 50.8. The van der Waals surface area contributed by atoms with Gasteiger partial charge in [0.05, 0.1) is 0 Å². The van der Waals surface area contributed by atoms with Gasteiger partial charge < -0.3 is 29.4 Å². The van der Waals surface area contributed by atoms with Crippen LogP contribution in [0.4, 0.5) is 0 Å². The Morgan fingerprint density at radius 1 is 0.255 bits per heavy atom. The van der Waals surface area contributed by atoms with Crippen molar-refractivity contribution in [2.45, 2.75) is 192 Å². The van der Waals surface area contributed by atoms with Gasteiger partial charge in [-0.25, -0.2) is 0 Å². The van der Waals surface area contributed by atoms with E-state index in [0.29, 0.717) is 11.8 Å². The number of nitrogens with zero attached hydrogens (tertiary/aromatic N) is 6. The molecule has 338 valence electrons. The molecule has 0 aliphatic carbocycles. The van der Waals surface area contributed by atoms with Gasteiger partial charge in [0.15, 0.2) is 0 Å². The lowest BCUT2D eigenvalue weighted by atomic mass is 10.1. The highest BCUT2D eigenvalue weighted by Gasteiger charge is 2.14. The molecule has 6 heterocycles. The molecule has 2 amide bonds. The highest BCUT2D eigenvalue weighted by molar-refractivity contribution is 5.77. The second kappa shape index (κ2) is 57.1. The Morgan fingerprint density at radius 3 is 0.600 bits per heavy atom. The molecular weight excluding hydrogens is 681 g/mol. The SMILES string of the molecule is CC.CC.CC.CC.CC.CC.CN1CCCC1.CN1CCCC1=O.CN1CCCCC1.CN1CCCCC1.CN1CCCCC1=O.CN1CCCCCC1. The molecule has 0 saturated carbocycles. The average Bonchev–Trinajstić information content (AvgIpc) is 3.81. The Morgan fingerprint density at radius 2 is 0.436 bits per heavy atom. The van der Waals surface area contributed by atoms with Gasteiger partial charge in [0.2, 0.25) is 11.8 Å². The van der Waals surface area contributed by atoms with Gasteiger partial charge in [0.25, 0.3) is 0 Å². The predicted octanol–water partition coefficient (Wildman–Crippen LogP) is 11.4. The summed E-state index contributed by atoms with van der Waals surface area (Å²) >= 11 is 0. The smallest absolute Gasteiger partial charge is 0.222 e.